The molecule has 0 aliphatic carbocycles. The smallest absolute Gasteiger partial charge is 0.386 e. The van der Waals surface area contributed by atoms with Crippen molar-refractivity contribution in [2.75, 3.05) is 0 Å². The van der Waals surface area contributed by atoms with Gasteiger partial charge in [-0.05, 0) is 37.6 Å². The number of hydrogen-bond acceptors (Lipinski definition) is 1. The van der Waals surface area contributed by atoms with Crippen molar-refractivity contribution in [3.05, 3.63) is 35.1 Å². The number of rotatable bonds is 1. The molecule has 0 radical (unpaired) electrons. The largest absolute Gasteiger partial charge is 0.416 e. The van der Waals surface area contributed by atoms with Gasteiger partial charge in [-0.1, -0.05) is 0 Å². The van der Waals surface area contributed by atoms with Crippen LogP contribution in [0.5, 0.6) is 0 Å². The quantitative estimate of drug-likeness (QED) is 0.724. The molecule has 0 bridgehead atoms. The summed E-state index contributed by atoms with van der Waals surface area (Å²) in [7, 11) is 0. The molecular weight excluding hydrogens is 212 g/mol. The molecule has 1 nitrogen and oxygen atoms in total. The summed E-state index contributed by atoms with van der Waals surface area (Å²) >= 11 is 0. The molecular formula is C10H10F4O. The van der Waals surface area contributed by atoms with Gasteiger partial charge in [0.15, 0.2) is 0 Å². The van der Waals surface area contributed by atoms with Crippen molar-refractivity contribution in [1.82, 2.24) is 0 Å². The Bertz CT molecular complexity index is 330. The average Bonchev–Trinajstić information content (AvgIpc) is 1.99. The molecule has 1 rings (SSSR count). The summed E-state index contributed by atoms with van der Waals surface area (Å²) in [5, 5.41) is 9.47. The summed E-state index contributed by atoms with van der Waals surface area (Å²) in [5.74, 6) is -1.01. The fraction of sp³-hybridized carbons (Fsp3) is 0.400. The third-order valence-corrected chi connectivity index (χ3v) is 1.93. The fourth-order valence-corrected chi connectivity index (χ4v) is 1.11. The van der Waals surface area contributed by atoms with E-state index < -0.39 is 23.2 Å². The molecule has 5 heteroatoms. The van der Waals surface area contributed by atoms with Gasteiger partial charge in [-0.15, -0.1) is 0 Å². The summed E-state index contributed by atoms with van der Waals surface area (Å²) in [6.45, 7) is 2.59. The van der Waals surface area contributed by atoms with Crippen molar-refractivity contribution in [1.29, 1.82) is 0 Å². The number of aliphatic hydroxyl groups is 1. The highest BCUT2D eigenvalue weighted by Crippen LogP contribution is 2.32. The Morgan fingerprint density at radius 3 is 1.87 bits per heavy atom. The van der Waals surface area contributed by atoms with E-state index in [9.17, 15) is 22.7 Å². The lowest BCUT2D eigenvalue weighted by Crippen LogP contribution is -2.17. The Hall–Kier alpha value is -1.10. The second-order valence-electron chi connectivity index (χ2n) is 3.79. The van der Waals surface area contributed by atoms with Crippen LogP contribution in [0.2, 0.25) is 0 Å². The monoisotopic (exact) mass is 222 g/mol. The zero-order valence-corrected chi connectivity index (χ0v) is 8.19. The molecule has 0 amide bonds. The zero-order valence-electron chi connectivity index (χ0n) is 8.19. The van der Waals surface area contributed by atoms with Crippen molar-refractivity contribution < 1.29 is 22.7 Å². The Kier molecular flexibility index (Phi) is 2.78. The standard InChI is InChI=1S/C10H10F4O/c1-9(2,15)6-3-7(10(12,13)14)5-8(11)4-6/h3-5,15H,1-2H3. The second kappa shape index (κ2) is 3.48. The van der Waals surface area contributed by atoms with Crippen LogP contribution in [-0.2, 0) is 11.8 Å². The molecule has 1 aromatic carbocycles. The maximum Gasteiger partial charge on any atom is 0.416 e. The fourth-order valence-electron chi connectivity index (χ4n) is 1.11. The third kappa shape index (κ3) is 2.92. The lowest BCUT2D eigenvalue weighted by molar-refractivity contribution is -0.137. The average molecular weight is 222 g/mol. The first-order valence-electron chi connectivity index (χ1n) is 4.21. The first kappa shape index (κ1) is 12.0. The van der Waals surface area contributed by atoms with Gasteiger partial charge in [-0.3, -0.25) is 0 Å². The van der Waals surface area contributed by atoms with Gasteiger partial charge in [-0.2, -0.15) is 13.2 Å². The van der Waals surface area contributed by atoms with Gasteiger partial charge in [0.25, 0.3) is 0 Å². The van der Waals surface area contributed by atoms with Crippen LogP contribution in [0, 0.1) is 5.82 Å². The van der Waals surface area contributed by atoms with Crippen molar-refractivity contribution in [3.8, 4) is 0 Å². The molecule has 0 aliphatic heterocycles. The summed E-state index contributed by atoms with van der Waals surface area (Å²) < 4.78 is 49.7. The number of halogens is 4. The van der Waals surface area contributed by atoms with Crippen molar-refractivity contribution in [3.63, 3.8) is 0 Å². The highest BCUT2D eigenvalue weighted by atomic mass is 19.4. The number of alkyl halides is 3. The van der Waals surface area contributed by atoms with E-state index in [1.54, 1.807) is 0 Å². The van der Waals surface area contributed by atoms with E-state index in [-0.39, 0.29) is 5.56 Å². The maximum absolute atomic E-state index is 12.9. The molecule has 0 unspecified atom stereocenters. The van der Waals surface area contributed by atoms with E-state index in [1.807, 2.05) is 0 Å². The van der Waals surface area contributed by atoms with Crippen molar-refractivity contribution in [2.24, 2.45) is 0 Å². The van der Waals surface area contributed by atoms with Crippen LogP contribution in [0.15, 0.2) is 18.2 Å². The molecule has 0 saturated heterocycles. The van der Waals surface area contributed by atoms with Gasteiger partial charge in [0.05, 0.1) is 11.2 Å². The van der Waals surface area contributed by atoms with Crippen LogP contribution in [0.1, 0.15) is 25.0 Å². The molecule has 0 saturated carbocycles. The minimum absolute atomic E-state index is 0.102. The first-order chi connectivity index (χ1) is 6.60. The molecule has 0 aromatic heterocycles. The third-order valence-electron chi connectivity index (χ3n) is 1.93. The zero-order chi connectivity index (χ0) is 11.9. The van der Waals surface area contributed by atoms with E-state index in [1.165, 1.54) is 13.8 Å². The van der Waals surface area contributed by atoms with Crippen LogP contribution in [-0.4, -0.2) is 5.11 Å². The SMILES string of the molecule is CC(C)(O)c1cc(F)cc(C(F)(F)F)c1. The molecule has 15 heavy (non-hydrogen) atoms. The number of benzene rings is 1. The molecule has 1 N–H and O–H groups in total. The molecule has 0 fully saturated rings. The lowest BCUT2D eigenvalue weighted by Gasteiger charge is -2.19. The van der Waals surface area contributed by atoms with Gasteiger partial charge in [0.2, 0.25) is 0 Å². The van der Waals surface area contributed by atoms with Gasteiger partial charge < -0.3 is 5.11 Å². The van der Waals surface area contributed by atoms with Gasteiger partial charge in [-0.25, -0.2) is 4.39 Å². The Balaban J connectivity index is 3.30. The van der Waals surface area contributed by atoms with E-state index >= 15 is 0 Å². The minimum Gasteiger partial charge on any atom is -0.386 e. The van der Waals surface area contributed by atoms with Crippen LogP contribution in [0.3, 0.4) is 0 Å². The minimum atomic E-state index is -4.61. The van der Waals surface area contributed by atoms with Crippen LogP contribution in [0.4, 0.5) is 17.6 Å². The molecule has 0 atom stereocenters. The topological polar surface area (TPSA) is 20.2 Å². The van der Waals surface area contributed by atoms with E-state index in [0.717, 1.165) is 12.1 Å². The van der Waals surface area contributed by atoms with Gasteiger partial charge in [0, 0.05) is 0 Å². The van der Waals surface area contributed by atoms with E-state index in [4.69, 9.17) is 0 Å². The predicted molar refractivity (Wildman–Crippen MR) is 46.6 cm³/mol. The van der Waals surface area contributed by atoms with Crippen molar-refractivity contribution in [2.45, 2.75) is 25.6 Å². The predicted octanol–water partition coefficient (Wildman–Crippen LogP) is 3.07. The first-order valence-corrected chi connectivity index (χ1v) is 4.21. The highest BCUT2D eigenvalue weighted by Gasteiger charge is 2.32. The molecule has 0 heterocycles. The maximum atomic E-state index is 12.9. The molecule has 84 valence electrons. The normalized spacial score (nSPS) is 13.0. The lowest BCUT2D eigenvalue weighted by atomic mass is 9.96. The molecule has 1 aromatic rings. The van der Waals surface area contributed by atoms with Crippen molar-refractivity contribution >= 4 is 0 Å². The Labute approximate surface area is 84.3 Å². The molecule has 0 spiro atoms. The van der Waals surface area contributed by atoms with Crippen LogP contribution >= 0.6 is 0 Å². The Morgan fingerprint density at radius 1 is 1.00 bits per heavy atom. The summed E-state index contributed by atoms with van der Waals surface area (Å²) in [6, 6.07) is 2.02. The van der Waals surface area contributed by atoms with Crippen LogP contribution < -0.4 is 0 Å². The van der Waals surface area contributed by atoms with Gasteiger partial charge in [0.1, 0.15) is 5.82 Å². The van der Waals surface area contributed by atoms with E-state index in [0.29, 0.717) is 6.07 Å². The van der Waals surface area contributed by atoms with Gasteiger partial charge >= 0.3 is 6.18 Å². The van der Waals surface area contributed by atoms with E-state index in [2.05, 4.69) is 0 Å². The molecule has 0 aliphatic rings. The van der Waals surface area contributed by atoms with Crippen LogP contribution in [0.25, 0.3) is 0 Å². The highest BCUT2D eigenvalue weighted by molar-refractivity contribution is 5.30. The number of hydrogen-bond donors (Lipinski definition) is 1. The Morgan fingerprint density at radius 2 is 1.47 bits per heavy atom. The summed E-state index contributed by atoms with van der Waals surface area (Å²) in [4.78, 5) is 0. The summed E-state index contributed by atoms with van der Waals surface area (Å²) in [5.41, 5.74) is -2.70. The summed E-state index contributed by atoms with van der Waals surface area (Å²) in [6.07, 6.45) is -4.61. The second-order valence-corrected chi connectivity index (χ2v) is 3.79.